The number of carbonyl (C=O) groups is 1. The smallest absolute Gasteiger partial charge is 0.307 e. The maximum absolute atomic E-state index is 12.7. The van der Waals surface area contributed by atoms with E-state index in [9.17, 15) is 18.3 Å². The molecule has 2 fully saturated rings. The zero-order valence-electron chi connectivity index (χ0n) is 11.8. The minimum Gasteiger partial charge on any atom is -0.481 e. The van der Waals surface area contributed by atoms with Crippen LogP contribution in [-0.2, 0) is 19.6 Å². The summed E-state index contributed by atoms with van der Waals surface area (Å²) in [6.07, 6.45) is 3.39. The highest BCUT2D eigenvalue weighted by Gasteiger charge is 2.45. The van der Waals surface area contributed by atoms with Crippen LogP contribution < -0.4 is 0 Å². The number of carboxylic acids is 1. The molecule has 0 aromatic rings. The Morgan fingerprint density at radius 3 is 2.70 bits per heavy atom. The summed E-state index contributed by atoms with van der Waals surface area (Å²) < 4.78 is 32.0. The van der Waals surface area contributed by atoms with E-state index in [1.54, 1.807) is 7.11 Å². The molecule has 116 valence electrons. The molecule has 1 saturated carbocycles. The lowest BCUT2D eigenvalue weighted by Gasteiger charge is -2.34. The van der Waals surface area contributed by atoms with Crippen molar-refractivity contribution in [3.63, 3.8) is 0 Å². The highest BCUT2D eigenvalue weighted by atomic mass is 32.2. The van der Waals surface area contributed by atoms with Gasteiger partial charge in [-0.3, -0.25) is 4.79 Å². The van der Waals surface area contributed by atoms with E-state index >= 15 is 0 Å². The number of piperidine rings is 1. The van der Waals surface area contributed by atoms with Gasteiger partial charge in [0.15, 0.2) is 0 Å². The molecule has 1 aliphatic heterocycles. The Kier molecular flexibility index (Phi) is 5.04. The van der Waals surface area contributed by atoms with Crippen molar-refractivity contribution in [1.82, 2.24) is 4.31 Å². The predicted molar refractivity (Wildman–Crippen MR) is 73.9 cm³/mol. The van der Waals surface area contributed by atoms with Gasteiger partial charge in [0.05, 0.1) is 17.8 Å². The topological polar surface area (TPSA) is 83.9 Å². The van der Waals surface area contributed by atoms with Gasteiger partial charge in [-0.05, 0) is 31.6 Å². The van der Waals surface area contributed by atoms with Gasteiger partial charge >= 0.3 is 5.97 Å². The van der Waals surface area contributed by atoms with Crippen LogP contribution in [0.5, 0.6) is 0 Å². The number of ether oxygens (including phenoxy) is 1. The third-order valence-corrected chi connectivity index (χ3v) is 6.78. The minimum atomic E-state index is -3.51. The first-order valence-electron chi connectivity index (χ1n) is 7.17. The summed E-state index contributed by atoms with van der Waals surface area (Å²) in [5.41, 5.74) is 0. The van der Waals surface area contributed by atoms with Crippen LogP contribution in [0.3, 0.4) is 0 Å². The van der Waals surface area contributed by atoms with Crippen molar-refractivity contribution in [2.75, 3.05) is 26.8 Å². The lowest BCUT2D eigenvalue weighted by molar-refractivity contribution is -0.141. The zero-order valence-corrected chi connectivity index (χ0v) is 12.6. The van der Waals surface area contributed by atoms with Gasteiger partial charge in [-0.1, -0.05) is 6.42 Å². The molecule has 1 heterocycles. The summed E-state index contributed by atoms with van der Waals surface area (Å²) in [6.45, 7) is 1.52. The number of hydrogen-bond donors (Lipinski definition) is 1. The fourth-order valence-electron chi connectivity index (χ4n) is 3.39. The highest BCUT2D eigenvalue weighted by molar-refractivity contribution is 7.89. The lowest BCUT2D eigenvalue weighted by atomic mass is 10.0. The van der Waals surface area contributed by atoms with Crippen LogP contribution >= 0.6 is 0 Å². The number of hydrogen-bond acceptors (Lipinski definition) is 4. The van der Waals surface area contributed by atoms with Gasteiger partial charge in [0.2, 0.25) is 10.0 Å². The summed E-state index contributed by atoms with van der Waals surface area (Å²) in [6, 6.07) is 0. The molecule has 0 spiro atoms. The number of rotatable bonds is 5. The second-order valence-electron chi connectivity index (χ2n) is 5.78. The summed E-state index contributed by atoms with van der Waals surface area (Å²) in [5.74, 6) is -1.52. The monoisotopic (exact) mass is 305 g/mol. The molecule has 3 atom stereocenters. The Morgan fingerprint density at radius 1 is 1.30 bits per heavy atom. The minimum absolute atomic E-state index is 0.216. The quantitative estimate of drug-likeness (QED) is 0.817. The van der Waals surface area contributed by atoms with Crippen molar-refractivity contribution < 1.29 is 23.1 Å². The standard InChI is InChI=1S/C13H23NO5S/c1-19-9-10-4-3-7-14(8-10)20(17,18)12-6-2-5-11(12)13(15)16/h10-12H,2-9H2,1H3,(H,15,16). The molecule has 2 aliphatic rings. The molecule has 1 aliphatic carbocycles. The molecule has 0 amide bonds. The molecule has 1 saturated heterocycles. The molecule has 1 N–H and O–H groups in total. The van der Waals surface area contributed by atoms with E-state index in [2.05, 4.69) is 0 Å². The molecule has 0 radical (unpaired) electrons. The van der Waals surface area contributed by atoms with E-state index in [0.717, 1.165) is 12.8 Å². The molecule has 6 nitrogen and oxygen atoms in total. The lowest BCUT2D eigenvalue weighted by Crippen LogP contribution is -2.47. The molecule has 0 bridgehead atoms. The van der Waals surface area contributed by atoms with Gasteiger partial charge in [-0.15, -0.1) is 0 Å². The normalized spacial score (nSPS) is 32.4. The number of nitrogens with zero attached hydrogens (tertiary/aromatic N) is 1. The predicted octanol–water partition coefficient (Wildman–Crippen LogP) is 0.928. The van der Waals surface area contributed by atoms with E-state index in [-0.39, 0.29) is 5.92 Å². The van der Waals surface area contributed by atoms with Gasteiger partial charge in [0, 0.05) is 20.2 Å². The molecular formula is C13H23NO5S. The van der Waals surface area contributed by atoms with Crippen LogP contribution in [0.4, 0.5) is 0 Å². The fraction of sp³-hybridized carbons (Fsp3) is 0.923. The molecule has 0 aromatic carbocycles. The average molecular weight is 305 g/mol. The van der Waals surface area contributed by atoms with Gasteiger partial charge in [0.25, 0.3) is 0 Å². The number of aliphatic carboxylic acids is 1. The van der Waals surface area contributed by atoms with E-state index < -0.39 is 27.2 Å². The summed E-state index contributed by atoms with van der Waals surface area (Å²) in [7, 11) is -1.89. The first kappa shape index (κ1) is 15.7. The van der Waals surface area contributed by atoms with Crippen LogP contribution in [0.25, 0.3) is 0 Å². The Labute approximate surface area is 120 Å². The zero-order chi connectivity index (χ0) is 14.8. The SMILES string of the molecule is COCC1CCCN(S(=O)(=O)C2CCCC2C(=O)O)C1. The average Bonchev–Trinajstić information content (AvgIpc) is 2.89. The van der Waals surface area contributed by atoms with Gasteiger partial charge in [-0.25, -0.2) is 12.7 Å². The summed E-state index contributed by atoms with van der Waals surface area (Å²) in [5, 5.41) is 8.43. The Hall–Kier alpha value is -0.660. The Morgan fingerprint density at radius 2 is 2.05 bits per heavy atom. The second-order valence-corrected chi connectivity index (χ2v) is 7.93. The molecule has 20 heavy (non-hydrogen) atoms. The Bertz CT molecular complexity index is 448. The number of sulfonamides is 1. The number of carboxylic acid groups (broad SMARTS) is 1. The van der Waals surface area contributed by atoms with Crippen molar-refractivity contribution in [1.29, 1.82) is 0 Å². The van der Waals surface area contributed by atoms with Gasteiger partial charge < -0.3 is 9.84 Å². The van der Waals surface area contributed by atoms with Crippen LogP contribution in [0.15, 0.2) is 0 Å². The summed E-state index contributed by atoms with van der Waals surface area (Å²) in [4.78, 5) is 11.2. The first-order chi connectivity index (χ1) is 9.46. The van der Waals surface area contributed by atoms with E-state index in [1.807, 2.05) is 0 Å². The van der Waals surface area contributed by atoms with Gasteiger partial charge in [-0.2, -0.15) is 0 Å². The molecule has 2 rings (SSSR count). The largest absolute Gasteiger partial charge is 0.481 e. The molecule has 7 heteroatoms. The van der Waals surface area contributed by atoms with Crippen LogP contribution in [0.2, 0.25) is 0 Å². The van der Waals surface area contributed by atoms with Crippen LogP contribution in [-0.4, -0.2) is 55.9 Å². The maximum Gasteiger partial charge on any atom is 0.307 e. The fourth-order valence-corrected chi connectivity index (χ4v) is 5.70. The van der Waals surface area contributed by atoms with Crippen molar-refractivity contribution >= 4 is 16.0 Å². The third-order valence-electron chi connectivity index (χ3n) is 4.40. The van der Waals surface area contributed by atoms with Crippen molar-refractivity contribution in [3.8, 4) is 0 Å². The van der Waals surface area contributed by atoms with E-state index in [4.69, 9.17) is 4.74 Å². The van der Waals surface area contributed by atoms with Crippen LogP contribution in [0.1, 0.15) is 32.1 Å². The van der Waals surface area contributed by atoms with Crippen molar-refractivity contribution in [3.05, 3.63) is 0 Å². The van der Waals surface area contributed by atoms with Crippen molar-refractivity contribution in [2.45, 2.75) is 37.4 Å². The van der Waals surface area contributed by atoms with E-state index in [1.165, 1.54) is 4.31 Å². The van der Waals surface area contributed by atoms with Crippen molar-refractivity contribution in [2.24, 2.45) is 11.8 Å². The molecular weight excluding hydrogens is 282 g/mol. The maximum atomic E-state index is 12.7. The van der Waals surface area contributed by atoms with E-state index in [0.29, 0.717) is 39.0 Å². The molecule has 0 aromatic heterocycles. The number of methoxy groups -OCH3 is 1. The van der Waals surface area contributed by atoms with Crippen LogP contribution in [0, 0.1) is 11.8 Å². The van der Waals surface area contributed by atoms with Gasteiger partial charge in [0.1, 0.15) is 0 Å². The second kappa shape index (κ2) is 6.41. The summed E-state index contributed by atoms with van der Waals surface area (Å²) >= 11 is 0. The third kappa shape index (κ3) is 3.15. The first-order valence-corrected chi connectivity index (χ1v) is 8.68. The highest BCUT2D eigenvalue weighted by Crippen LogP contribution is 2.34. The molecule has 3 unspecified atom stereocenters. The Balaban J connectivity index is 2.11.